The van der Waals surface area contributed by atoms with Gasteiger partial charge in [0.25, 0.3) is 0 Å². The molecule has 29 heavy (non-hydrogen) atoms. The Bertz CT molecular complexity index is 651. The van der Waals surface area contributed by atoms with Gasteiger partial charge in [0.2, 0.25) is 0 Å². The van der Waals surface area contributed by atoms with Crippen molar-refractivity contribution in [1.82, 2.24) is 10.6 Å². The van der Waals surface area contributed by atoms with Crippen molar-refractivity contribution >= 4 is 29.9 Å². The molecule has 1 fully saturated rings. The Labute approximate surface area is 191 Å². The molecular formula is C21H36IN3O4. The molecule has 2 N–H and O–H groups in total. The average molecular weight is 521 g/mol. The molecule has 1 aliphatic rings. The van der Waals surface area contributed by atoms with Crippen LogP contribution < -0.4 is 24.8 Å². The van der Waals surface area contributed by atoms with Crippen LogP contribution in [0.4, 0.5) is 0 Å². The van der Waals surface area contributed by atoms with E-state index in [0.29, 0.717) is 23.5 Å². The van der Waals surface area contributed by atoms with Crippen molar-refractivity contribution in [1.29, 1.82) is 0 Å². The molecule has 1 aliphatic carbocycles. The second kappa shape index (κ2) is 13.0. The van der Waals surface area contributed by atoms with Gasteiger partial charge in [-0.3, -0.25) is 0 Å². The maximum absolute atomic E-state index is 5.51. The number of methoxy groups -OCH3 is 4. The van der Waals surface area contributed by atoms with Crippen molar-refractivity contribution in [2.45, 2.75) is 39.2 Å². The van der Waals surface area contributed by atoms with Crippen molar-refractivity contribution in [2.75, 3.05) is 48.1 Å². The van der Waals surface area contributed by atoms with Crippen LogP contribution in [0.2, 0.25) is 0 Å². The van der Waals surface area contributed by atoms with E-state index >= 15 is 0 Å². The Kier molecular flexibility index (Phi) is 11.5. The predicted molar refractivity (Wildman–Crippen MR) is 127 cm³/mol. The van der Waals surface area contributed by atoms with Crippen molar-refractivity contribution in [3.05, 3.63) is 17.7 Å². The third kappa shape index (κ3) is 7.09. The zero-order valence-corrected chi connectivity index (χ0v) is 20.6. The topological polar surface area (TPSA) is 73.3 Å². The Hall–Kier alpha value is -1.42. The number of nitrogens with zero attached hydrogens (tertiary/aromatic N) is 1. The number of halogens is 1. The fourth-order valence-electron chi connectivity index (χ4n) is 3.50. The van der Waals surface area contributed by atoms with Crippen LogP contribution in [0, 0.1) is 5.41 Å². The lowest BCUT2D eigenvalue weighted by Gasteiger charge is -2.42. The number of benzene rings is 1. The highest BCUT2D eigenvalue weighted by Gasteiger charge is 2.36. The highest BCUT2D eigenvalue weighted by Crippen LogP contribution is 2.43. The van der Waals surface area contributed by atoms with Gasteiger partial charge in [0.15, 0.2) is 17.5 Å². The summed E-state index contributed by atoms with van der Waals surface area (Å²) in [7, 11) is 6.65. The fraction of sp³-hybridized carbons (Fsp3) is 0.667. The third-order valence-corrected chi connectivity index (χ3v) is 5.42. The molecule has 0 unspecified atom stereocenters. The van der Waals surface area contributed by atoms with Crippen molar-refractivity contribution in [2.24, 2.45) is 10.4 Å². The van der Waals surface area contributed by atoms with E-state index in [1.807, 2.05) is 12.1 Å². The molecule has 166 valence electrons. The quantitative estimate of drug-likeness (QED) is 0.264. The molecule has 0 spiro atoms. The molecule has 0 aromatic heterocycles. The lowest BCUT2D eigenvalue weighted by Crippen LogP contribution is -2.46. The number of nitrogens with one attached hydrogen (secondary N) is 2. The lowest BCUT2D eigenvalue weighted by molar-refractivity contribution is 0.0732. The first-order valence-electron chi connectivity index (χ1n) is 9.91. The minimum absolute atomic E-state index is 0. The first-order valence-corrected chi connectivity index (χ1v) is 9.91. The first kappa shape index (κ1) is 25.6. The van der Waals surface area contributed by atoms with Crippen LogP contribution in [-0.2, 0) is 11.3 Å². The molecule has 0 amide bonds. The second-order valence-electron chi connectivity index (χ2n) is 7.16. The highest BCUT2D eigenvalue weighted by molar-refractivity contribution is 14.0. The highest BCUT2D eigenvalue weighted by atomic mass is 127. The number of aliphatic imine (C=N–C) groups is 1. The van der Waals surface area contributed by atoms with Gasteiger partial charge in [-0.05, 0) is 37.7 Å². The van der Waals surface area contributed by atoms with Crippen LogP contribution in [-0.4, -0.2) is 54.1 Å². The standard InChI is InChI=1S/C21H35N3O4.HI/c1-6-22-20(24-15-21(8-7-9-21)10-11-25-2)23-14-16-12-18(27-4)19(28-5)13-17(16)26-3;/h12-13H,6-11,14-15H2,1-5H3,(H2,22,23,24);1H. The molecule has 1 aromatic carbocycles. The van der Waals surface area contributed by atoms with Crippen molar-refractivity contribution in [3.8, 4) is 17.2 Å². The molecule has 0 heterocycles. The minimum atomic E-state index is 0. The van der Waals surface area contributed by atoms with E-state index in [4.69, 9.17) is 23.9 Å². The van der Waals surface area contributed by atoms with Gasteiger partial charge in [-0.1, -0.05) is 6.42 Å². The fourth-order valence-corrected chi connectivity index (χ4v) is 3.50. The summed E-state index contributed by atoms with van der Waals surface area (Å²) >= 11 is 0. The SMILES string of the molecule is CCNC(=NCc1cc(OC)c(OC)cc1OC)NCC1(CCOC)CCC1.I. The molecule has 8 heteroatoms. The molecule has 7 nitrogen and oxygen atoms in total. The van der Waals surface area contributed by atoms with Crippen LogP contribution in [0.3, 0.4) is 0 Å². The van der Waals surface area contributed by atoms with Gasteiger partial charge in [-0.25, -0.2) is 4.99 Å². The smallest absolute Gasteiger partial charge is 0.191 e. The Morgan fingerprint density at radius 2 is 1.66 bits per heavy atom. The van der Waals surface area contributed by atoms with Gasteiger partial charge in [-0.2, -0.15) is 0 Å². The van der Waals surface area contributed by atoms with Gasteiger partial charge >= 0.3 is 0 Å². The minimum Gasteiger partial charge on any atom is -0.496 e. The van der Waals surface area contributed by atoms with E-state index in [1.54, 1.807) is 28.4 Å². The van der Waals surface area contributed by atoms with Crippen molar-refractivity contribution in [3.63, 3.8) is 0 Å². The molecule has 0 saturated heterocycles. The Morgan fingerprint density at radius 1 is 1.00 bits per heavy atom. The maximum atomic E-state index is 5.51. The molecule has 1 saturated carbocycles. The van der Waals surface area contributed by atoms with E-state index < -0.39 is 0 Å². The summed E-state index contributed by atoms with van der Waals surface area (Å²) in [4.78, 5) is 4.75. The second-order valence-corrected chi connectivity index (χ2v) is 7.16. The van der Waals surface area contributed by atoms with Crippen LogP contribution in [0.15, 0.2) is 17.1 Å². The van der Waals surface area contributed by atoms with E-state index in [1.165, 1.54) is 19.3 Å². The van der Waals surface area contributed by atoms with Gasteiger partial charge in [-0.15, -0.1) is 24.0 Å². The van der Waals surface area contributed by atoms with Crippen molar-refractivity contribution < 1.29 is 18.9 Å². The van der Waals surface area contributed by atoms with E-state index in [2.05, 4.69) is 17.6 Å². The zero-order valence-electron chi connectivity index (χ0n) is 18.3. The van der Waals surface area contributed by atoms with Crippen LogP contribution in [0.1, 0.15) is 38.2 Å². The van der Waals surface area contributed by atoms with Gasteiger partial charge in [0.1, 0.15) is 5.75 Å². The zero-order chi connectivity index (χ0) is 20.4. The number of guanidine groups is 1. The number of hydrogen-bond acceptors (Lipinski definition) is 5. The molecule has 0 aliphatic heterocycles. The summed E-state index contributed by atoms with van der Waals surface area (Å²) in [5.41, 5.74) is 1.27. The average Bonchev–Trinajstić information content (AvgIpc) is 2.69. The Morgan fingerprint density at radius 3 is 2.17 bits per heavy atom. The maximum Gasteiger partial charge on any atom is 0.191 e. The monoisotopic (exact) mass is 521 g/mol. The van der Waals surface area contributed by atoms with Gasteiger partial charge in [0.05, 0.1) is 27.9 Å². The molecular weight excluding hydrogens is 485 g/mol. The summed E-state index contributed by atoms with van der Waals surface area (Å²) < 4.78 is 21.6. The van der Waals surface area contributed by atoms with Crippen LogP contribution in [0.5, 0.6) is 17.2 Å². The molecule has 1 aromatic rings. The van der Waals surface area contributed by atoms with Gasteiger partial charge < -0.3 is 29.6 Å². The van der Waals surface area contributed by atoms with E-state index in [9.17, 15) is 0 Å². The van der Waals surface area contributed by atoms with Crippen LogP contribution in [0.25, 0.3) is 0 Å². The van der Waals surface area contributed by atoms with Crippen LogP contribution >= 0.6 is 24.0 Å². The number of rotatable bonds is 11. The van der Waals surface area contributed by atoms with Gasteiger partial charge in [0, 0.05) is 38.4 Å². The predicted octanol–water partition coefficient (Wildman–Crippen LogP) is 3.59. The third-order valence-electron chi connectivity index (χ3n) is 5.42. The van der Waals surface area contributed by atoms with E-state index in [0.717, 1.165) is 43.4 Å². The largest absolute Gasteiger partial charge is 0.496 e. The number of hydrogen-bond donors (Lipinski definition) is 2. The number of ether oxygens (including phenoxy) is 4. The normalized spacial score (nSPS) is 15.0. The van der Waals surface area contributed by atoms with E-state index in [-0.39, 0.29) is 24.0 Å². The summed E-state index contributed by atoms with van der Waals surface area (Å²) in [6, 6.07) is 3.74. The summed E-state index contributed by atoms with van der Waals surface area (Å²) in [6.07, 6.45) is 4.86. The summed E-state index contributed by atoms with van der Waals surface area (Å²) in [5, 5.41) is 6.85. The summed E-state index contributed by atoms with van der Waals surface area (Å²) in [6.45, 7) is 5.06. The summed E-state index contributed by atoms with van der Waals surface area (Å²) in [5.74, 6) is 2.84. The molecule has 0 bridgehead atoms. The molecule has 0 radical (unpaired) electrons. The molecule has 2 rings (SSSR count). The Balaban J connectivity index is 0.00000420. The molecule has 0 atom stereocenters. The lowest BCUT2D eigenvalue weighted by atomic mass is 9.67. The first-order chi connectivity index (χ1) is 13.6.